The summed E-state index contributed by atoms with van der Waals surface area (Å²) < 4.78 is 0. The van der Waals surface area contributed by atoms with Gasteiger partial charge < -0.3 is 5.32 Å². The number of thiophene rings is 1. The van der Waals surface area contributed by atoms with Gasteiger partial charge in [-0.2, -0.15) is 11.3 Å². The minimum atomic E-state index is 0.568. The Hall–Kier alpha value is -0.380. The highest BCUT2D eigenvalue weighted by Crippen LogP contribution is 2.29. The number of nitrogens with one attached hydrogen (secondary N) is 1. The summed E-state index contributed by atoms with van der Waals surface area (Å²) in [6, 6.07) is 4.24. The fraction of sp³-hybridized carbons (Fsp3) is 0.714. The summed E-state index contributed by atoms with van der Waals surface area (Å²) in [5.41, 5.74) is 1.48. The molecule has 1 aromatic heterocycles. The summed E-state index contributed by atoms with van der Waals surface area (Å²) in [5.74, 6) is 0. The highest BCUT2D eigenvalue weighted by molar-refractivity contribution is 7.07. The molecule has 1 aliphatic rings. The molecule has 0 bridgehead atoms. The maximum atomic E-state index is 3.58. The van der Waals surface area contributed by atoms with Crippen LogP contribution in [-0.2, 0) is 0 Å². The molecular formula is C14H24N2S. The van der Waals surface area contributed by atoms with Crippen molar-refractivity contribution in [2.45, 2.75) is 51.7 Å². The van der Waals surface area contributed by atoms with E-state index in [1.807, 2.05) is 0 Å². The molecule has 0 saturated carbocycles. The van der Waals surface area contributed by atoms with Gasteiger partial charge in [0.1, 0.15) is 0 Å². The molecule has 0 spiro atoms. The molecule has 0 amide bonds. The minimum Gasteiger partial charge on any atom is -0.314 e. The van der Waals surface area contributed by atoms with Crippen molar-refractivity contribution in [1.29, 1.82) is 0 Å². The maximum absolute atomic E-state index is 3.58. The first-order chi connectivity index (χ1) is 8.22. The van der Waals surface area contributed by atoms with Crippen molar-refractivity contribution in [2.75, 3.05) is 13.1 Å². The lowest BCUT2D eigenvalue weighted by atomic mass is 9.95. The molecule has 1 fully saturated rings. The number of nitrogens with zero attached hydrogens (tertiary/aromatic N) is 1. The molecule has 0 radical (unpaired) electrons. The summed E-state index contributed by atoms with van der Waals surface area (Å²) in [5, 5.41) is 8.05. The Morgan fingerprint density at radius 3 is 3.00 bits per heavy atom. The third kappa shape index (κ3) is 3.09. The second-order valence-electron chi connectivity index (χ2n) is 5.10. The van der Waals surface area contributed by atoms with E-state index in [0.717, 1.165) is 12.6 Å². The van der Waals surface area contributed by atoms with E-state index in [0.29, 0.717) is 12.1 Å². The lowest BCUT2D eigenvalue weighted by Gasteiger charge is -2.41. The quantitative estimate of drug-likeness (QED) is 0.885. The van der Waals surface area contributed by atoms with Gasteiger partial charge in [-0.1, -0.05) is 6.92 Å². The van der Waals surface area contributed by atoms with Gasteiger partial charge in [0.15, 0.2) is 0 Å². The molecule has 2 nitrogen and oxygen atoms in total. The van der Waals surface area contributed by atoms with E-state index < -0.39 is 0 Å². The highest BCUT2D eigenvalue weighted by atomic mass is 32.1. The van der Waals surface area contributed by atoms with Gasteiger partial charge in [-0.15, -0.1) is 0 Å². The third-order valence-corrected chi connectivity index (χ3v) is 4.64. The second kappa shape index (κ2) is 5.98. The Balaban J connectivity index is 1.95. The average Bonchev–Trinajstić information content (AvgIpc) is 2.82. The Kier molecular flexibility index (Phi) is 4.60. The zero-order valence-corrected chi connectivity index (χ0v) is 12.0. The zero-order valence-electron chi connectivity index (χ0n) is 11.1. The Morgan fingerprint density at radius 1 is 1.59 bits per heavy atom. The van der Waals surface area contributed by atoms with Crippen LogP contribution in [0.5, 0.6) is 0 Å². The second-order valence-corrected chi connectivity index (χ2v) is 5.88. The van der Waals surface area contributed by atoms with Crippen LogP contribution in [0.1, 0.15) is 45.2 Å². The van der Waals surface area contributed by atoms with Crippen LogP contribution >= 0.6 is 11.3 Å². The molecule has 2 rings (SSSR count). The average molecular weight is 252 g/mol. The first-order valence-electron chi connectivity index (χ1n) is 6.73. The molecule has 3 heteroatoms. The van der Waals surface area contributed by atoms with Crippen LogP contribution in [0.3, 0.4) is 0 Å². The largest absolute Gasteiger partial charge is 0.314 e. The van der Waals surface area contributed by atoms with Crippen LogP contribution in [0.4, 0.5) is 0 Å². The van der Waals surface area contributed by atoms with Gasteiger partial charge in [0.05, 0.1) is 0 Å². The molecule has 2 heterocycles. The third-order valence-electron chi connectivity index (χ3n) is 3.94. The molecule has 1 aliphatic heterocycles. The van der Waals surface area contributed by atoms with E-state index in [-0.39, 0.29) is 0 Å². The number of hydrogen-bond donors (Lipinski definition) is 1. The van der Waals surface area contributed by atoms with Crippen LogP contribution in [0, 0.1) is 0 Å². The van der Waals surface area contributed by atoms with Crippen molar-refractivity contribution in [3.63, 3.8) is 0 Å². The molecular weight excluding hydrogens is 228 g/mol. The maximum Gasteiger partial charge on any atom is 0.0330 e. The van der Waals surface area contributed by atoms with Crippen LogP contribution in [0.2, 0.25) is 0 Å². The Bertz CT molecular complexity index is 323. The molecule has 0 aliphatic carbocycles. The van der Waals surface area contributed by atoms with Gasteiger partial charge in [0, 0.05) is 24.7 Å². The van der Waals surface area contributed by atoms with Crippen LogP contribution in [-0.4, -0.2) is 30.1 Å². The molecule has 96 valence electrons. The topological polar surface area (TPSA) is 15.3 Å². The van der Waals surface area contributed by atoms with Crippen LogP contribution < -0.4 is 5.32 Å². The standard InChI is InChI=1S/C14H24N2S/c1-4-15-14-5-7-16(11(2)9-14)12(3)13-6-8-17-10-13/h6,8,10-12,14-15H,4-5,7,9H2,1-3H3. The number of rotatable bonds is 4. The molecule has 17 heavy (non-hydrogen) atoms. The summed E-state index contributed by atoms with van der Waals surface area (Å²) in [7, 11) is 0. The van der Waals surface area contributed by atoms with Crippen molar-refractivity contribution in [1.82, 2.24) is 10.2 Å². The van der Waals surface area contributed by atoms with Gasteiger partial charge in [-0.3, -0.25) is 4.90 Å². The zero-order chi connectivity index (χ0) is 12.3. The van der Waals surface area contributed by atoms with Gasteiger partial charge >= 0.3 is 0 Å². The predicted octanol–water partition coefficient (Wildman–Crippen LogP) is 3.27. The van der Waals surface area contributed by atoms with Gasteiger partial charge in [0.2, 0.25) is 0 Å². The van der Waals surface area contributed by atoms with E-state index in [9.17, 15) is 0 Å². The van der Waals surface area contributed by atoms with E-state index in [4.69, 9.17) is 0 Å². The lowest BCUT2D eigenvalue weighted by Crippen LogP contribution is -2.48. The van der Waals surface area contributed by atoms with Crippen molar-refractivity contribution >= 4 is 11.3 Å². The van der Waals surface area contributed by atoms with Crippen LogP contribution in [0.15, 0.2) is 16.8 Å². The minimum absolute atomic E-state index is 0.568. The van der Waals surface area contributed by atoms with Crippen molar-refractivity contribution < 1.29 is 0 Å². The van der Waals surface area contributed by atoms with Crippen molar-refractivity contribution in [3.8, 4) is 0 Å². The molecule has 1 saturated heterocycles. The van der Waals surface area contributed by atoms with E-state index >= 15 is 0 Å². The number of piperidine rings is 1. The molecule has 1 N–H and O–H groups in total. The van der Waals surface area contributed by atoms with E-state index in [1.54, 1.807) is 11.3 Å². The van der Waals surface area contributed by atoms with E-state index in [1.165, 1.54) is 24.9 Å². The first kappa shape index (κ1) is 13.1. The Morgan fingerprint density at radius 2 is 2.41 bits per heavy atom. The van der Waals surface area contributed by atoms with Crippen molar-refractivity contribution in [3.05, 3.63) is 22.4 Å². The SMILES string of the molecule is CCNC1CCN(C(C)c2ccsc2)C(C)C1. The highest BCUT2D eigenvalue weighted by Gasteiger charge is 2.28. The molecule has 0 aromatic carbocycles. The van der Waals surface area contributed by atoms with E-state index in [2.05, 4.69) is 47.8 Å². The lowest BCUT2D eigenvalue weighted by molar-refractivity contribution is 0.0962. The number of likely N-dealkylation sites (tertiary alicyclic amines) is 1. The fourth-order valence-corrected chi connectivity index (χ4v) is 3.69. The van der Waals surface area contributed by atoms with Gasteiger partial charge in [-0.05, 0) is 55.6 Å². The molecule has 3 atom stereocenters. The van der Waals surface area contributed by atoms with Crippen LogP contribution in [0.25, 0.3) is 0 Å². The summed E-state index contributed by atoms with van der Waals surface area (Å²) >= 11 is 1.80. The smallest absolute Gasteiger partial charge is 0.0330 e. The molecule has 1 aromatic rings. The number of hydrogen-bond acceptors (Lipinski definition) is 3. The summed E-state index contributed by atoms with van der Waals surface area (Å²) in [4.78, 5) is 2.65. The van der Waals surface area contributed by atoms with Crippen molar-refractivity contribution in [2.24, 2.45) is 0 Å². The monoisotopic (exact) mass is 252 g/mol. The van der Waals surface area contributed by atoms with Gasteiger partial charge in [-0.25, -0.2) is 0 Å². The summed E-state index contributed by atoms with van der Waals surface area (Å²) in [6.07, 6.45) is 2.56. The predicted molar refractivity (Wildman–Crippen MR) is 75.6 cm³/mol. The fourth-order valence-electron chi connectivity index (χ4n) is 2.94. The summed E-state index contributed by atoms with van der Waals surface area (Å²) in [6.45, 7) is 9.22. The molecule has 3 unspecified atom stereocenters. The normalized spacial score (nSPS) is 28.2. The first-order valence-corrected chi connectivity index (χ1v) is 7.67. The van der Waals surface area contributed by atoms with Gasteiger partial charge in [0.25, 0.3) is 0 Å². The Labute approximate surface area is 109 Å².